The normalized spacial score (nSPS) is 16.9. The van der Waals surface area contributed by atoms with Crippen molar-refractivity contribution in [2.75, 3.05) is 29.9 Å². The van der Waals surface area contributed by atoms with Gasteiger partial charge in [-0.2, -0.15) is 0 Å². The van der Waals surface area contributed by atoms with Crippen molar-refractivity contribution in [1.82, 2.24) is 5.32 Å². The van der Waals surface area contributed by atoms with Crippen molar-refractivity contribution in [2.24, 2.45) is 5.92 Å². The van der Waals surface area contributed by atoms with E-state index in [1.165, 1.54) is 24.0 Å². The summed E-state index contributed by atoms with van der Waals surface area (Å²) in [5, 5.41) is 7.03. The largest absolute Gasteiger partial charge is 0.385 e. The van der Waals surface area contributed by atoms with Crippen LogP contribution in [-0.2, 0) is 11.3 Å². The Kier molecular flexibility index (Phi) is 5.26. The zero-order chi connectivity index (χ0) is 18.6. The molecule has 1 fully saturated rings. The van der Waals surface area contributed by atoms with Gasteiger partial charge < -0.3 is 15.5 Å². The topological polar surface area (TPSA) is 44.4 Å². The quantitative estimate of drug-likeness (QED) is 0.864. The van der Waals surface area contributed by atoms with E-state index >= 15 is 0 Å². The van der Waals surface area contributed by atoms with Crippen molar-refractivity contribution in [3.05, 3.63) is 59.2 Å². The molecule has 4 rings (SSSR count). The zero-order valence-corrected chi connectivity index (χ0v) is 15.9. The van der Waals surface area contributed by atoms with E-state index in [9.17, 15) is 4.79 Å². The fourth-order valence-electron chi connectivity index (χ4n) is 3.94. The maximum atomic E-state index is 12.3. The molecule has 0 unspecified atom stereocenters. The lowest BCUT2D eigenvalue weighted by Gasteiger charge is -2.26. The van der Waals surface area contributed by atoms with Gasteiger partial charge in [0.05, 0.1) is 12.2 Å². The summed E-state index contributed by atoms with van der Waals surface area (Å²) in [4.78, 5) is 14.1. The molecular formula is C23H27N3O. The van der Waals surface area contributed by atoms with Crippen molar-refractivity contribution in [2.45, 2.75) is 26.3 Å². The van der Waals surface area contributed by atoms with Crippen LogP contribution in [0, 0.1) is 5.92 Å². The van der Waals surface area contributed by atoms with Gasteiger partial charge in [0.1, 0.15) is 0 Å². The molecule has 4 heteroatoms. The highest BCUT2D eigenvalue weighted by molar-refractivity contribution is 5.95. The number of amides is 1. The highest BCUT2D eigenvalue weighted by atomic mass is 16.2. The molecule has 0 atom stereocenters. The SMILES string of the molecule is CC(=O)N1Cc2ccc(NCC3CCNCC3)cc2C=Cc2ccccc21. The van der Waals surface area contributed by atoms with Crippen LogP contribution in [0.3, 0.4) is 0 Å². The summed E-state index contributed by atoms with van der Waals surface area (Å²) < 4.78 is 0. The molecule has 0 bridgehead atoms. The van der Waals surface area contributed by atoms with Crippen LogP contribution in [0.1, 0.15) is 36.5 Å². The molecular weight excluding hydrogens is 334 g/mol. The number of hydrogen-bond acceptors (Lipinski definition) is 3. The first-order chi connectivity index (χ1) is 13.2. The molecule has 0 aromatic heterocycles. The lowest BCUT2D eigenvalue weighted by atomic mass is 9.97. The summed E-state index contributed by atoms with van der Waals surface area (Å²) in [7, 11) is 0. The second-order valence-electron chi connectivity index (χ2n) is 7.49. The minimum absolute atomic E-state index is 0.0665. The second-order valence-corrected chi connectivity index (χ2v) is 7.49. The van der Waals surface area contributed by atoms with E-state index in [1.54, 1.807) is 6.92 Å². The Labute approximate surface area is 161 Å². The first-order valence-corrected chi connectivity index (χ1v) is 9.83. The van der Waals surface area contributed by atoms with Crippen LogP contribution < -0.4 is 15.5 Å². The van der Waals surface area contributed by atoms with Crippen molar-refractivity contribution < 1.29 is 4.79 Å². The van der Waals surface area contributed by atoms with E-state index in [4.69, 9.17) is 0 Å². The molecule has 2 aliphatic heterocycles. The summed E-state index contributed by atoms with van der Waals surface area (Å²) in [6.07, 6.45) is 6.76. The maximum absolute atomic E-state index is 12.3. The van der Waals surface area contributed by atoms with Gasteiger partial charge in [-0.3, -0.25) is 4.79 Å². The standard InChI is InChI=1S/C23H27N3O/c1-17(27)26-16-21-8-9-22(25-15-18-10-12-24-13-11-18)14-20(21)7-6-19-4-2-3-5-23(19)26/h2-9,14,18,24-25H,10-13,15-16H2,1H3. The van der Waals surface area contributed by atoms with Gasteiger partial charge in [-0.1, -0.05) is 36.4 Å². The summed E-state index contributed by atoms with van der Waals surface area (Å²) >= 11 is 0. The molecule has 2 aliphatic rings. The average molecular weight is 361 g/mol. The van der Waals surface area contributed by atoms with Gasteiger partial charge in [0, 0.05) is 19.2 Å². The van der Waals surface area contributed by atoms with Crippen LogP contribution in [0.25, 0.3) is 12.2 Å². The van der Waals surface area contributed by atoms with E-state index < -0.39 is 0 Å². The van der Waals surface area contributed by atoms with Crippen LogP contribution in [0.2, 0.25) is 0 Å². The number of benzene rings is 2. The maximum Gasteiger partial charge on any atom is 0.224 e. The van der Waals surface area contributed by atoms with Gasteiger partial charge in [0.2, 0.25) is 5.91 Å². The van der Waals surface area contributed by atoms with Crippen molar-refractivity contribution in [1.29, 1.82) is 0 Å². The summed E-state index contributed by atoms with van der Waals surface area (Å²) in [5.41, 5.74) is 5.54. The van der Waals surface area contributed by atoms with Crippen LogP contribution in [-0.4, -0.2) is 25.5 Å². The van der Waals surface area contributed by atoms with Crippen molar-refractivity contribution in [3.63, 3.8) is 0 Å². The fraction of sp³-hybridized carbons (Fsp3) is 0.348. The van der Waals surface area contributed by atoms with Crippen molar-refractivity contribution >= 4 is 29.4 Å². The molecule has 2 N–H and O–H groups in total. The number of para-hydroxylation sites is 1. The number of anilines is 2. The van der Waals surface area contributed by atoms with Gasteiger partial charge in [-0.15, -0.1) is 0 Å². The monoisotopic (exact) mass is 361 g/mol. The predicted octanol–water partition coefficient (Wildman–Crippen LogP) is 4.14. The number of carbonyl (C=O) groups is 1. The summed E-state index contributed by atoms with van der Waals surface area (Å²) in [5.74, 6) is 0.806. The number of nitrogens with one attached hydrogen (secondary N) is 2. The first-order valence-electron chi connectivity index (χ1n) is 9.83. The number of hydrogen-bond donors (Lipinski definition) is 2. The van der Waals surface area contributed by atoms with Gasteiger partial charge in [-0.05, 0) is 66.7 Å². The molecule has 4 nitrogen and oxygen atoms in total. The Morgan fingerprint density at radius 2 is 1.89 bits per heavy atom. The molecule has 27 heavy (non-hydrogen) atoms. The molecule has 0 aliphatic carbocycles. The number of piperidine rings is 1. The smallest absolute Gasteiger partial charge is 0.224 e. The zero-order valence-electron chi connectivity index (χ0n) is 15.9. The highest BCUT2D eigenvalue weighted by Gasteiger charge is 2.18. The Bertz CT molecular complexity index is 852. The van der Waals surface area contributed by atoms with Gasteiger partial charge in [0.15, 0.2) is 0 Å². The van der Waals surface area contributed by atoms with Crippen LogP contribution in [0.15, 0.2) is 42.5 Å². The average Bonchev–Trinajstić information content (AvgIpc) is 2.69. The lowest BCUT2D eigenvalue weighted by Crippen LogP contribution is -2.31. The van der Waals surface area contributed by atoms with E-state index in [-0.39, 0.29) is 5.91 Å². The molecule has 0 spiro atoms. The first kappa shape index (κ1) is 17.8. The molecule has 1 saturated heterocycles. The number of nitrogens with zero attached hydrogens (tertiary/aromatic N) is 1. The third-order valence-electron chi connectivity index (χ3n) is 5.58. The van der Waals surface area contributed by atoms with E-state index in [0.717, 1.165) is 42.5 Å². The number of carbonyl (C=O) groups excluding carboxylic acids is 1. The predicted molar refractivity (Wildman–Crippen MR) is 113 cm³/mol. The van der Waals surface area contributed by atoms with Gasteiger partial charge in [0.25, 0.3) is 0 Å². The third-order valence-corrected chi connectivity index (χ3v) is 5.58. The Hall–Kier alpha value is -2.59. The van der Waals surface area contributed by atoms with Crippen molar-refractivity contribution in [3.8, 4) is 0 Å². The van der Waals surface area contributed by atoms with E-state index in [0.29, 0.717) is 6.54 Å². The Morgan fingerprint density at radius 1 is 1.11 bits per heavy atom. The number of fused-ring (bicyclic) bond motifs is 2. The third kappa shape index (κ3) is 4.06. The minimum Gasteiger partial charge on any atom is -0.385 e. The highest BCUT2D eigenvalue weighted by Crippen LogP contribution is 2.30. The molecule has 140 valence electrons. The molecule has 0 saturated carbocycles. The molecule has 2 aromatic rings. The minimum atomic E-state index is 0.0665. The van der Waals surface area contributed by atoms with E-state index in [1.807, 2.05) is 23.1 Å². The van der Waals surface area contributed by atoms with Gasteiger partial charge >= 0.3 is 0 Å². The fourth-order valence-corrected chi connectivity index (χ4v) is 3.94. The number of rotatable bonds is 3. The van der Waals surface area contributed by atoms with Crippen LogP contribution in [0.4, 0.5) is 11.4 Å². The molecule has 1 amide bonds. The van der Waals surface area contributed by atoms with Crippen LogP contribution >= 0.6 is 0 Å². The van der Waals surface area contributed by atoms with E-state index in [2.05, 4.69) is 47.1 Å². The molecule has 0 radical (unpaired) electrons. The second kappa shape index (κ2) is 7.97. The van der Waals surface area contributed by atoms with Gasteiger partial charge in [-0.25, -0.2) is 0 Å². The summed E-state index contributed by atoms with van der Waals surface area (Å²) in [6.45, 7) is 5.50. The Morgan fingerprint density at radius 3 is 2.70 bits per heavy atom. The molecule has 2 aromatic carbocycles. The Balaban J connectivity index is 1.58. The van der Waals surface area contributed by atoms with Crippen LogP contribution in [0.5, 0.6) is 0 Å². The summed E-state index contributed by atoms with van der Waals surface area (Å²) in [6, 6.07) is 14.6. The lowest BCUT2D eigenvalue weighted by molar-refractivity contribution is -0.116. The molecule has 2 heterocycles.